The van der Waals surface area contributed by atoms with Crippen LogP contribution < -0.4 is 10.1 Å². The first-order valence-corrected chi connectivity index (χ1v) is 6.58. The smallest absolute Gasteiger partial charge is 0.174 e. The molecule has 1 fully saturated rings. The Morgan fingerprint density at radius 2 is 2.26 bits per heavy atom. The van der Waals surface area contributed by atoms with E-state index < -0.39 is 0 Å². The third-order valence-electron chi connectivity index (χ3n) is 2.82. The van der Waals surface area contributed by atoms with Gasteiger partial charge in [-0.3, -0.25) is 4.98 Å². The van der Waals surface area contributed by atoms with Crippen LogP contribution >= 0.6 is 11.6 Å². The first-order valence-electron chi connectivity index (χ1n) is 6.21. The fourth-order valence-corrected chi connectivity index (χ4v) is 1.83. The van der Waals surface area contributed by atoms with Gasteiger partial charge in [-0.1, -0.05) is 16.8 Å². The van der Waals surface area contributed by atoms with Crippen LogP contribution in [-0.2, 0) is 13.2 Å². The molecule has 0 aliphatic heterocycles. The zero-order valence-corrected chi connectivity index (χ0v) is 11.1. The minimum atomic E-state index is 0.318. The average Bonchev–Trinajstić information content (AvgIpc) is 3.13. The number of ether oxygens (including phenoxy) is 1. The van der Waals surface area contributed by atoms with Crippen LogP contribution in [0.2, 0.25) is 5.02 Å². The van der Waals surface area contributed by atoms with Crippen molar-refractivity contribution in [3.8, 4) is 5.75 Å². The van der Waals surface area contributed by atoms with Crippen LogP contribution in [0.25, 0.3) is 0 Å². The molecular formula is C13H14ClN3O2. The molecule has 0 unspecified atom stereocenters. The maximum atomic E-state index is 5.82. The van der Waals surface area contributed by atoms with Gasteiger partial charge in [0.05, 0.1) is 16.9 Å². The summed E-state index contributed by atoms with van der Waals surface area (Å²) in [6.07, 6.45) is 5.69. The lowest BCUT2D eigenvalue weighted by Crippen LogP contribution is -2.15. The lowest BCUT2D eigenvalue weighted by molar-refractivity contribution is 0.247. The van der Waals surface area contributed by atoms with Crippen molar-refractivity contribution in [2.45, 2.75) is 32.0 Å². The highest BCUT2D eigenvalue weighted by Crippen LogP contribution is 2.20. The molecule has 1 N–H and O–H groups in total. The molecule has 6 heteroatoms. The Balaban J connectivity index is 1.51. The molecule has 19 heavy (non-hydrogen) atoms. The second-order valence-corrected chi connectivity index (χ2v) is 5.00. The van der Waals surface area contributed by atoms with Crippen LogP contribution in [0.15, 0.2) is 29.0 Å². The van der Waals surface area contributed by atoms with E-state index in [1.807, 2.05) is 6.07 Å². The molecule has 0 amide bonds. The van der Waals surface area contributed by atoms with Crippen molar-refractivity contribution in [3.63, 3.8) is 0 Å². The van der Waals surface area contributed by atoms with Gasteiger partial charge in [0.25, 0.3) is 0 Å². The van der Waals surface area contributed by atoms with Crippen molar-refractivity contribution >= 4 is 11.6 Å². The Kier molecular flexibility index (Phi) is 3.66. The Morgan fingerprint density at radius 1 is 1.37 bits per heavy atom. The number of nitrogens with zero attached hydrogens (tertiary/aromatic N) is 2. The summed E-state index contributed by atoms with van der Waals surface area (Å²) in [5.74, 6) is 1.30. The predicted molar refractivity (Wildman–Crippen MR) is 69.9 cm³/mol. The Morgan fingerprint density at radius 3 is 3.05 bits per heavy atom. The Bertz CT molecular complexity index is 554. The monoisotopic (exact) mass is 279 g/mol. The van der Waals surface area contributed by atoms with E-state index in [2.05, 4.69) is 15.5 Å². The summed E-state index contributed by atoms with van der Waals surface area (Å²) in [7, 11) is 0. The topological polar surface area (TPSA) is 60.2 Å². The fraction of sp³-hybridized carbons (Fsp3) is 0.385. The Hall–Kier alpha value is -1.59. The number of hydrogen-bond donors (Lipinski definition) is 1. The molecule has 2 aromatic heterocycles. The van der Waals surface area contributed by atoms with Gasteiger partial charge < -0.3 is 14.6 Å². The van der Waals surface area contributed by atoms with E-state index in [4.69, 9.17) is 20.9 Å². The summed E-state index contributed by atoms with van der Waals surface area (Å²) in [5.41, 5.74) is 0.898. The highest BCUT2D eigenvalue weighted by molar-refractivity contribution is 6.30. The van der Waals surface area contributed by atoms with E-state index >= 15 is 0 Å². The van der Waals surface area contributed by atoms with Gasteiger partial charge in [-0.05, 0) is 12.8 Å². The minimum Gasteiger partial charge on any atom is -0.484 e. The molecule has 0 radical (unpaired) electrons. The summed E-state index contributed by atoms with van der Waals surface area (Å²) >= 11 is 5.82. The van der Waals surface area contributed by atoms with Crippen LogP contribution in [0, 0.1) is 0 Å². The fourth-order valence-electron chi connectivity index (χ4n) is 1.67. The van der Waals surface area contributed by atoms with Crippen LogP contribution in [0.1, 0.15) is 24.3 Å². The van der Waals surface area contributed by atoms with Gasteiger partial charge in [-0.15, -0.1) is 0 Å². The average molecular weight is 280 g/mol. The molecule has 0 saturated heterocycles. The van der Waals surface area contributed by atoms with Gasteiger partial charge in [0.1, 0.15) is 12.4 Å². The summed E-state index contributed by atoms with van der Waals surface area (Å²) in [5, 5.41) is 7.91. The molecule has 100 valence electrons. The van der Waals surface area contributed by atoms with Crippen LogP contribution in [0.5, 0.6) is 5.75 Å². The van der Waals surface area contributed by atoms with Gasteiger partial charge in [-0.2, -0.15) is 0 Å². The van der Waals surface area contributed by atoms with Crippen LogP contribution in [0.4, 0.5) is 0 Å². The van der Waals surface area contributed by atoms with Gasteiger partial charge in [0, 0.05) is 30.9 Å². The van der Waals surface area contributed by atoms with Crippen molar-refractivity contribution in [3.05, 3.63) is 41.0 Å². The molecule has 2 aromatic rings. The predicted octanol–water partition coefficient (Wildman–Crippen LogP) is 2.55. The van der Waals surface area contributed by atoms with Crippen molar-refractivity contribution in [2.24, 2.45) is 0 Å². The maximum absolute atomic E-state index is 5.82. The second kappa shape index (κ2) is 5.59. The number of aromatic nitrogens is 2. The molecule has 2 heterocycles. The zero-order chi connectivity index (χ0) is 13.1. The van der Waals surface area contributed by atoms with Gasteiger partial charge >= 0.3 is 0 Å². The molecule has 0 bridgehead atoms. The molecule has 3 rings (SSSR count). The number of nitrogens with one attached hydrogen (secondary N) is 1. The lowest BCUT2D eigenvalue weighted by atomic mass is 10.3. The van der Waals surface area contributed by atoms with E-state index in [9.17, 15) is 0 Å². The summed E-state index contributed by atoms with van der Waals surface area (Å²) in [6, 6.07) is 4.27. The van der Waals surface area contributed by atoms with Crippen LogP contribution in [0.3, 0.4) is 0 Å². The Labute approximate surface area is 115 Å². The largest absolute Gasteiger partial charge is 0.484 e. The molecule has 1 saturated carbocycles. The van der Waals surface area contributed by atoms with Crippen molar-refractivity contribution < 1.29 is 9.26 Å². The first-order chi connectivity index (χ1) is 9.29. The molecule has 1 aliphatic rings. The van der Waals surface area contributed by atoms with E-state index in [-0.39, 0.29) is 0 Å². The lowest BCUT2D eigenvalue weighted by Gasteiger charge is -2.02. The standard InChI is InChI=1S/C13H14ClN3O2/c14-9-3-12(7-15-5-9)18-8-13-4-11(17-19-13)6-16-10-1-2-10/h3-5,7,10,16H,1-2,6,8H2. The first kappa shape index (κ1) is 12.4. The van der Waals surface area contributed by atoms with Crippen molar-refractivity contribution in [1.29, 1.82) is 0 Å². The molecule has 0 aromatic carbocycles. The molecule has 0 atom stereocenters. The van der Waals surface area contributed by atoms with Gasteiger partial charge in [-0.25, -0.2) is 0 Å². The third-order valence-corrected chi connectivity index (χ3v) is 3.02. The van der Waals surface area contributed by atoms with Crippen molar-refractivity contribution in [2.75, 3.05) is 0 Å². The maximum Gasteiger partial charge on any atom is 0.174 e. The quantitative estimate of drug-likeness (QED) is 0.880. The highest BCUT2D eigenvalue weighted by Gasteiger charge is 2.20. The molecule has 1 aliphatic carbocycles. The molecule has 5 nitrogen and oxygen atoms in total. The summed E-state index contributed by atoms with van der Waals surface area (Å²) in [6.45, 7) is 1.06. The summed E-state index contributed by atoms with van der Waals surface area (Å²) < 4.78 is 10.7. The minimum absolute atomic E-state index is 0.318. The number of hydrogen-bond acceptors (Lipinski definition) is 5. The van der Waals surface area contributed by atoms with Gasteiger partial charge in [0.15, 0.2) is 5.76 Å². The molecule has 0 spiro atoms. The zero-order valence-electron chi connectivity index (χ0n) is 10.3. The third kappa shape index (κ3) is 3.68. The molecular weight excluding hydrogens is 266 g/mol. The number of halogens is 1. The van der Waals surface area contributed by atoms with Crippen LogP contribution in [-0.4, -0.2) is 16.2 Å². The van der Waals surface area contributed by atoms with E-state index in [0.29, 0.717) is 29.2 Å². The highest BCUT2D eigenvalue weighted by atomic mass is 35.5. The van der Waals surface area contributed by atoms with E-state index in [0.717, 1.165) is 12.2 Å². The van der Waals surface area contributed by atoms with E-state index in [1.54, 1.807) is 18.5 Å². The van der Waals surface area contributed by atoms with E-state index in [1.165, 1.54) is 12.8 Å². The SMILES string of the molecule is Clc1cncc(OCc2cc(CNC3CC3)no2)c1. The normalized spacial score (nSPS) is 14.6. The summed E-state index contributed by atoms with van der Waals surface area (Å²) in [4.78, 5) is 3.94. The number of pyridine rings is 1. The van der Waals surface area contributed by atoms with Crippen molar-refractivity contribution in [1.82, 2.24) is 15.5 Å². The second-order valence-electron chi connectivity index (χ2n) is 4.57. The van der Waals surface area contributed by atoms with Gasteiger partial charge in [0.2, 0.25) is 0 Å². The number of rotatable bonds is 6.